The number of halogens is 1. The van der Waals surface area contributed by atoms with Crippen LogP contribution < -0.4 is 10.1 Å². The molecule has 1 aromatic carbocycles. The van der Waals surface area contributed by atoms with Gasteiger partial charge in [0.15, 0.2) is 0 Å². The van der Waals surface area contributed by atoms with E-state index in [4.69, 9.17) is 14.2 Å². The van der Waals surface area contributed by atoms with Crippen LogP contribution in [0.3, 0.4) is 0 Å². The van der Waals surface area contributed by atoms with Crippen molar-refractivity contribution in [2.75, 3.05) is 19.5 Å². The number of nitrogens with one attached hydrogen (secondary N) is 1. The Morgan fingerprint density at radius 1 is 1.19 bits per heavy atom. The Morgan fingerprint density at radius 3 is 2.71 bits per heavy atom. The van der Waals surface area contributed by atoms with E-state index in [1.165, 1.54) is 19.2 Å². The van der Waals surface area contributed by atoms with Gasteiger partial charge in [0.1, 0.15) is 17.7 Å². The zero-order valence-corrected chi connectivity index (χ0v) is 18.8. The average molecular weight is 447 g/mol. The fraction of sp³-hybridized carbons (Fsp3) is 0.435. The molecule has 4 rings (SSSR count). The van der Waals surface area contributed by atoms with E-state index < -0.39 is 6.09 Å². The Kier molecular flexibility index (Phi) is 6.48. The Morgan fingerprint density at radius 2 is 1.97 bits per heavy atom. The molecule has 2 aromatic rings. The normalized spacial score (nSPS) is 21.0. The number of rotatable bonds is 5. The van der Waals surface area contributed by atoms with Gasteiger partial charge in [0, 0.05) is 29.3 Å². The molecule has 2 unspecified atom stereocenters. The van der Waals surface area contributed by atoms with Gasteiger partial charge >= 0.3 is 6.09 Å². The number of nitrogens with zero attached hydrogens (tertiary/aromatic N) is 1. The molecule has 1 amide bonds. The molecule has 2 aliphatic rings. The maximum atomic E-state index is 14.1. The molecule has 1 aliphatic carbocycles. The number of hydrogen-bond acceptors (Lipinski definition) is 6. The van der Waals surface area contributed by atoms with Gasteiger partial charge in [0.05, 0.1) is 31.1 Å². The minimum atomic E-state index is -0.420. The summed E-state index contributed by atoms with van der Waals surface area (Å²) in [5.74, 6) is 0.0632. The lowest BCUT2D eigenvalue weighted by molar-refractivity contribution is -0.0227. The number of amides is 1. The molecule has 2 atom stereocenters. The summed E-state index contributed by atoms with van der Waals surface area (Å²) >= 11 is 1.58. The minimum Gasteiger partial charge on any atom is -0.485 e. The van der Waals surface area contributed by atoms with Gasteiger partial charge in [-0.3, -0.25) is 4.90 Å². The van der Waals surface area contributed by atoms with Crippen LogP contribution in [-0.4, -0.2) is 37.4 Å². The summed E-state index contributed by atoms with van der Waals surface area (Å²) in [6.45, 7) is 2.33. The molecule has 1 aromatic heterocycles. The lowest BCUT2D eigenvalue weighted by Crippen LogP contribution is -2.36. The van der Waals surface area contributed by atoms with Crippen molar-refractivity contribution in [1.29, 1.82) is 0 Å². The first kappa shape index (κ1) is 21.6. The van der Waals surface area contributed by atoms with Crippen LogP contribution in [0.25, 0.3) is 5.70 Å². The monoisotopic (exact) mass is 446 g/mol. The van der Waals surface area contributed by atoms with Gasteiger partial charge in [-0.15, -0.1) is 11.3 Å². The van der Waals surface area contributed by atoms with Crippen molar-refractivity contribution >= 4 is 28.8 Å². The van der Waals surface area contributed by atoms with Gasteiger partial charge in [-0.2, -0.15) is 0 Å². The third-order valence-corrected chi connectivity index (χ3v) is 6.81. The van der Waals surface area contributed by atoms with Gasteiger partial charge in [0.25, 0.3) is 0 Å². The molecule has 1 aliphatic heterocycles. The highest BCUT2D eigenvalue weighted by atomic mass is 32.1. The fourth-order valence-corrected chi connectivity index (χ4v) is 5.08. The summed E-state index contributed by atoms with van der Waals surface area (Å²) < 4.78 is 30.9. The topological polar surface area (TPSA) is 60.0 Å². The van der Waals surface area contributed by atoms with Crippen molar-refractivity contribution < 1.29 is 23.4 Å². The number of ether oxygens (including phenoxy) is 3. The first-order chi connectivity index (χ1) is 15.0. The van der Waals surface area contributed by atoms with E-state index in [9.17, 15) is 9.18 Å². The van der Waals surface area contributed by atoms with Gasteiger partial charge in [-0.25, -0.2) is 9.18 Å². The van der Waals surface area contributed by atoms with Crippen LogP contribution in [0.15, 0.2) is 35.3 Å². The summed E-state index contributed by atoms with van der Waals surface area (Å²) in [7, 11) is 3.06. The third kappa shape index (κ3) is 4.41. The molecule has 1 fully saturated rings. The molecule has 0 bridgehead atoms. The van der Waals surface area contributed by atoms with E-state index >= 15 is 0 Å². The highest BCUT2D eigenvalue weighted by Crippen LogP contribution is 2.38. The summed E-state index contributed by atoms with van der Waals surface area (Å²) in [6, 6.07) is 6.48. The van der Waals surface area contributed by atoms with E-state index in [1.807, 2.05) is 18.4 Å². The van der Waals surface area contributed by atoms with Crippen molar-refractivity contribution in [3.05, 3.63) is 51.6 Å². The van der Waals surface area contributed by atoms with Crippen LogP contribution in [0.2, 0.25) is 0 Å². The van der Waals surface area contributed by atoms with E-state index in [2.05, 4.69) is 5.32 Å². The highest BCUT2D eigenvalue weighted by Gasteiger charge is 2.30. The van der Waals surface area contributed by atoms with E-state index in [1.54, 1.807) is 29.4 Å². The minimum absolute atomic E-state index is 0.0150. The smallest absolute Gasteiger partial charge is 0.414 e. The third-order valence-electron chi connectivity index (χ3n) is 5.90. The fourth-order valence-electron chi connectivity index (χ4n) is 4.21. The van der Waals surface area contributed by atoms with E-state index in [0.717, 1.165) is 47.5 Å². The number of hydrogen-bond donors (Lipinski definition) is 1. The number of allylic oxidation sites excluding steroid dienone is 1. The van der Waals surface area contributed by atoms with Gasteiger partial charge in [-0.05, 0) is 49.8 Å². The quantitative estimate of drug-likeness (QED) is 0.647. The highest BCUT2D eigenvalue weighted by molar-refractivity contribution is 7.10. The maximum Gasteiger partial charge on any atom is 0.414 e. The Hall–Kier alpha value is -2.58. The summed E-state index contributed by atoms with van der Waals surface area (Å²) in [6.07, 6.45) is 3.38. The SMILES string of the molecule is COC(=O)N1Cc2sccc2C(Nc2ccc(F)cc2OC2CCCCC2OC)=C1C. The summed E-state index contributed by atoms with van der Waals surface area (Å²) in [4.78, 5) is 14.9. The Labute approximate surface area is 185 Å². The predicted molar refractivity (Wildman–Crippen MR) is 119 cm³/mol. The molecule has 1 N–H and O–H groups in total. The van der Waals surface area contributed by atoms with E-state index in [0.29, 0.717) is 18.0 Å². The van der Waals surface area contributed by atoms with Gasteiger partial charge in [-0.1, -0.05) is 6.42 Å². The van der Waals surface area contributed by atoms with Crippen LogP contribution in [0.4, 0.5) is 14.9 Å². The molecule has 0 saturated heterocycles. The standard InChI is InChI=1S/C23H27FN2O4S/c1-14-22(16-10-11-31-21(16)13-26(14)23(27)29-3)25-17-9-8-15(24)12-20(17)30-19-7-5-4-6-18(19)28-2/h8-12,18-19,25H,4-7,13H2,1-3H3. The second-order valence-corrected chi connectivity index (χ2v) is 8.76. The molecule has 1 saturated carbocycles. The maximum absolute atomic E-state index is 14.1. The molecular formula is C23H27FN2O4S. The summed E-state index contributed by atoms with van der Waals surface area (Å²) in [5, 5.41) is 5.40. The molecule has 2 heterocycles. The van der Waals surface area contributed by atoms with Crippen LogP contribution >= 0.6 is 11.3 Å². The Balaban J connectivity index is 1.67. The van der Waals surface area contributed by atoms with Crippen LogP contribution in [-0.2, 0) is 16.0 Å². The van der Waals surface area contributed by atoms with Gasteiger partial charge < -0.3 is 19.5 Å². The van der Waals surface area contributed by atoms with E-state index in [-0.39, 0.29) is 18.0 Å². The largest absolute Gasteiger partial charge is 0.485 e. The predicted octanol–water partition coefficient (Wildman–Crippen LogP) is 5.61. The first-order valence-corrected chi connectivity index (χ1v) is 11.3. The molecule has 31 heavy (non-hydrogen) atoms. The van der Waals surface area contributed by atoms with Crippen LogP contribution in [0, 0.1) is 5.82 Å². The van der Waals surface area contributed by atoms with Crippen molar-refractivity contribution in [2.24, 2.45) is 0 Å². The molecule has 6 nitrogen and oxygen atoms in total. The molecule has 0 radical (unpaired) electrons. The molecule has 8 heteroatoms. The molecule has 166 valence electrons. The van der Waals surface area contributed by atoms with Crippen molar-refractivity contribution in [2.45, 2.75) is 51.4 Å². The van der Waals surface area contributed by atoms with Crippen molar-refractivity contribution in [3.63, 3.8) is 0 Å². The van der Waals surface area contributed by atoms with Crippen LogP contribution in [0.1, 0.15) is 43.0 Å². The van der Waals surface area contributed by atoms with Crippen LogP contribution in [0.5, 0.6) is 5.75 Å². The zero-order valence-electron chi connectivity index (χ0n) is 17.9. The average Bonchev–Trinajstić information content (AvgIpc) is 3.25. The number of methoxy groups -OCH3 is 2. The zero-order chi connectivity index (χ0) is 22.0. The number of benzene rings is 1. The Bertz CT molecular complexity index is 990. The second kappa shape index (κ2) is 9.28. The second-order valence-electron chi connectivity index (χ2n) is 7.75. The number of fused-ring (bicyclic) bond motifs is 1. The number of anilines is 1. The summed E-state index contributed by atoms with van der Waals surface area (Å²) in [5.41, 5.74) is 3.17. The lowest BCUT2D eigenvalue weighted by Gasteiger charge is -2.32. The van der Waals surface area contributed by atoms with Gasteiger partial charge in [0.2, 0.25) is 0 Å². The number of thiophene rings is 1. The van der Waals surface area contributed by atoms with Crippen molar-refractivity contribution in [1.82, 2.24) is 4.90 Å². The molecular weight excluding hydrogens is 419 g/mol. The number of carbonyl (C=O) groups is 1. The first-order valence-electron chi connectivity index (χ1n) is 10.4. The van der Waals surface area contributed by atoms with Crippen molar-refractivity contribution in [3.8, 4) is 5.75 Å². The lowest BCUT2D eigenvalue weighted by atomic mass is 9.94. The number of carbonyl (C=O) groups excluding carboxylic acids is 1. The molecule has 0 spiro atoms.